The van der Waals surface area contributed by atoms with E-state index in [1.165, 1.54) is 0 Å². The minimum atomic E-state index is 0.411. The molecule has 2 unspecified atom stereocenters. The molecule has 1 N–H and O–H groups in total. The van der Waals surface area contributed by atoms with Crippen molar-refractivity contribution in [2.45, 2.75) is 19.4 Å². The van der Waals surface area contributed by atoms with Gasteiger partial charge in [-0.05, 0) is 41.4 Å². The highest BCUT2D eigenvalue weighted by Crippen LogP contribution is 2.20. The third kappa shape index (κ3) is 2.92. The number of halogens is 1. The normalized spacial score (nSPS) is 22.7. The van der Waals surface area contributed by atoms with E-state index in [1.807, 2.05) is 18.2 Å². The quantitative estimate of drug-likeness (QED) is 0.858. The van der Waals surface area contributed by atoms with E-state index in [2.05, 4.69) is 33.2 Å². The summed E-state index contributed by atoms with van der Waals surface area (Å²) in [7, 11) is 0. The molecule has 1 aliphatic heterocycles. The highest BCUT2D eigenvalue weighted by molar-refractivity contribution is 9.10. The van der Waals surface area contributed by atoms with Gasteiger partial charge in [-0.25, -0.2) is 4.98 Å². The molecule has 0 aromatic carbocycles. The Balaban J connectivity index is 1.95. The van der Waals surface area contributed by atoms with E-state index in [4.69, 9.17) is 4.74 Å². The van der Waals surface area contributed by atoms with Crippen LogP contribution in [0.2, 0.25) is 0 Å². The van der Waals surface area contributed by atoms with Crippen LogP contribution in [0.15, 0.2) is 22.8 Å². The van der Waals surface area contributed by atoms with Crippen molar-refractivity contribution in [1.29, 1.82) is 0 Å². The highest BCUT2D eigenvalue weighted by Gasteiger charge is 2.22. The van der Waals surface area contributed by atoms with Crippen molar-refractivity contribution in [3.05, 3.63) is 22.8 Å². The van der Waals surface area contributed by atoms with Gasteiger partial charge in [0.2, 0.25) is 0 Å². The zero-order valence-electron chi connectivity index (χ0n) is 8.74. The Bertz CT molecular complexity index is 326. The summed E-state index contributed by atoms with van der Waals surface area (Å²) in [5.41, 5.74) is 0. The van der Waals surface area contributed by atoms with Crippen LogP contribution in [0.1, 0.15) is 13.3 Å². The molecule has 1 fully saturated rings. The molecule has 2 rings (SSSR count). The molecular weight excluding hydrogens is 256 g/mol. The summed E-state index contributed by atoms with van der Waals surface area (Å²) in [5, 5.41) is 3.40. The van der Waals surface area contributed by atoms with E-state index < -0.39 is 0 Å². The molecule has 1 aromatic heterocycles. The molecule has 1 aromatic rings. The van der Waals surface area contributed by atoms with E-state index >= 15 is 0 Å². The first-order valence-corrected chi connectivity index (χ1v) is 6.02. The first-order chi connectivity index (χ1) is 7.25. The Kier molecular flexibility index (Phi) is 3.59. The molecule has 2 heterocycles. The van der Waals surface area contributed by atoms with E-state index in [0.29, 0.717) is 12.0 Å². The summed E-state index contributed by atoms with van der Waals surface area (Å²) in [6, 6.07) is 6.30. The minimum absolute atomic E-state index is 0.411. The van der Waals surface area contributed by atoms with Gasteiger partial charge >= 0.3 is 0 Å². The summed E-state index contributed by atoms with van der Waals surface area (Å²) in [6.45, 7) is 3.94. The molecule has 0 spiro atoms. The molecule has 0 bridgehead atoms. The Morgan fingerprint density at radius 3 is 3.13 bits per heavy atom. The number of rotatable bonds is 3. The lowest BCUT2D eigenvalue weighted by Gasteiger charge is -2.19. The van der Waals surface area contributed by atoms with Crippen molar-refractivity contribution >= 4 is 21.7 Å². The van der Waals surface area contributed by atoms with Crippen molar-refractivity contribution in [3.63, 3.8) is 0 Å². The SMILES string of the molecule is CC(Nc1cccc(Br)n1)C1CCOC1. The Morgan fingerprint density at radius 1 is 1.60 bits per heavy atom. The van der Waals surface area contributed by atoms with Gasteiger partial charge in [0.1, 0.15) is 10.4 Å². The summed E-state index contributed by atoms with van der Waals surface area (Å²) in [5.74, 6) is 1.52. The maximum absolute atomic E-state index is 5.37. The Hall–Kier alpha value is -0.610. The molecule has 3 nitrogen and oxygen atoms in total. The topological polar surface area (TPSA) is 34.2 Å². The van der Waals surface area contributed by atoms with Crippen LogP contribution < -0.4 is 5.32 Å². The standard InChI is InChI=1S/C11H15BrN2O/c1-8(9-5-6-15-7-9)13-11-4-2-3-10(12)14-11/h2-4,8-9H,5-7H2,1H3,(H,13,14). The van der Waals surface area contributed by atoms with Gasteiger partial charge in [-0.2, -0.15) is 0 Å². The van der Waals surface area contributed by atoms with Gasteiger partial charge in [0.05, 0.1) is 6.61 Å². The molecule has 0 aliphatic carbocycles. The first kappa shape index (κ1) is 10.9. The molecule has 0 amide bonds. The van der Waals surface area contributed by atoms with Crippen LogP contribution >= 0.6 is 15.9 Å². The van der Waals surface area contributed by atoms with Gasteiger partial charge < -0.3 is 10.1 Å². The fraction of sp³-hybridized carbons (Fsp3) is 0.545. The van der Waals surface area contributed by atoms with Crippen LogP contribution in [0.4, 0.5) is 5.82 Å². The van der Waals surface area contributed by atoms with Crippen LogP contribution in [-0.2, 0) is 4.74 Å². The number of pyridine rings is 1. The molecule has 1 saturated heterocycles. The summed E-state index contributed by atoms with van der Waals surface area (Å²) < 4.78 is 6.23. The van der Waals surface area contributed by atoms with E-state index in [1.54, 1.807) is 0 Å². The van der Waals surface area contributed by atoms with Crippen molar-refractivity contribution in [2.24, 2.45) is 5.92 Å². The predicted octanol–water partition coefficient (Wildman–Crippen LogP) is 2.68. The second kappa shape index (κ2) is 4.94. The number of hydrogen-bond donors (Lipinski definition) is 1. The summed E-state index contributed by atoms with van der Waals surface area (Å²) >= 11 is 3.36. The molecule has 82 valence electrons. The van der Waals surface area contributed by atoms with E-state index in [-0.39, 0.29) is 0 Å². The van der Waals surface area contributed by atoms with Crippen molar-refractivity contribution in [2.75, 3.05) is 18.5 Å². The Morgan fingerprint density at radius 2 is 2.47 bits per heavy atom. The lowest BCUT2D eigenvalue weighted by atomic mass is 10.0. The molecule has 1 aliphatic rings. The van der Waals surface area contributed by atoms with Crippen molar-refractivity contribution < 1.29 is 4.74 Å². The number of aromatic nitrogens is 1. The van der Waals surface area contributed by atoms with Crippen LogP contribution in [0, 0.1) is 5.92 Å². The van der Waals surface area contributed by atoms with Gasteiger partial charge in [-0.15, -0.1) is 0 Å². The number of ether oxygens (including phenoxy) is 1. The summed E-state index contributed by atoms with van der Waals surface area (Å²) in [6.07, 6.45) is 1.14. The molecule has 0 saturated carbocycles. The molecule has 2 atom stereocenters. The number of anilines is 1. The van der Waals surface area contributed by atoms with Gasteiger partial charge in [0.15, 0.2) is 0 Å². The minimum Gasteiger partial charge on any atom is -0.381 e. The van der Waals surface area contributed by atoms with Crippen LogP contribution in [-0.4, -0.2) is 24.2 Å². The number of nitrogens with zero attached hydrogens (tertiary/aromatic N) is 1. The lowest BCUT2D eigenvalue weighted by Crippen LogP contribution is -2.26. The third-order valence-corrected chi connectivity index (χ3v) is 3.20. The van der Waals surface area contributed by atoms with Crippen molar-refractivity contribution in [1.82, 2.24) is 4.98 Å². The van der Waals surface area contributed by atoms with Crippen LogP contribution in [0.5, 0.6) is 0 Å². The molecule has 0 radical (unpaired) electrons. The monoisotopic (exact) mass is 270 g/mol. The predicted molar refractivity (Wildman–Crippen MR) is 63.9 cm³/mol. The average molecular weight is 271 g/mol. The maximum Gasteiger partial charge on any atom is 0.127 e. The maximum atomic E-state index is 5.37. The smallest absolute Gasteiger partial charge is 0.127 e. The molecule has 4 heteroatoms. The van der Waals surface area contributed by atoms with E-state index in [9.17, 15) is 0 Å². The molecule has 15 heavy (non-hydrogen) atoms. The number of nitrogens with one attached hydrogen (secondary N) is 1. The fourth-order valence-electron chi connectivity index (χ4n) is 1.79. The third-order valence-electron chi connectivity index (χ3n) is 2.76. The summed E-state index contributed by atoms with van der Waals surface area (Å²) in [4.78, 5) is 4.35. The second-order valence-electron chi connectivity index (χ2n) is 3.90. The zero-order chi connectivity index (χ0) is 10.7. The van der Waals surface area contributed by atoms with Gasteiger partial charge in [-0.3, -0.25) is 0 Å². The van der Waals surface area contributed by atoms with E-state index in [0.717, 1.165) is 30.1 Å². The van der Waals surface area contributed by atoms with Crippen molar-refractivity contribution in [3.8, 4) is 0 Å². The Labute approximate surface area is 98.4 Å². The average Bonchev–Trinajstić information content (AvgIpc) is 2.70. The first-order valence-electron chi connectivity index (χ1n) is 5.22. The fourth-order valence-corrected chi connectivity index (χ4v) is 2.13. The van der Waals surface area contributed by atoms with Gasteiger partial charge in [0.25, 0.3) is 0 Å². The van der Waals surface area contributed by atoms with Crippen LogP contribution in [0.25, 0.3) is 0 Å². The largest absolute Gasteiger partial charge is 0.381 e. The lowest BCUT2D eigenvalue weighted by molar-refractivity contribution is 0.183. The highest BCUT2D eigenvalue weighted by atomic mass is 79.9. The number of hydrogen-bond acceptors (Lipinski definition) is 3. The van der Waals surface area contributed by atoms with Crippen LogP contribution in [0.3, 0.4) is 0 Å². The molecular formula is C11H15BrN2O. The van der Waals surface area contributed by atoms with Gasteiger partial charge in [-0.1, -0.05) is 6.07 Å². The second-order valence-corrected chi connectivity index (χ2v) is 4.71. The van der Waals surface area contributed by atoms with Gasteiger partial charge in [0, 0.05) is 18.6 Å². The zero-order valence-corrected chi connectivity index (χ0v) is 10.3.